The molecular weight excluding hydrogens is 288 g/mol. The Balaban J connectivity index is 1.45. The van der Waals surface area contributed by atoms with Crippen LogP contribution in [-0.2, 0) is 22.9 Å². The maximum Gasteiger partial charge on any atom is 0.217 e. The highest BCUT2D eigenvalue weighted by atomic mass is 32.2. The lowest BCUT2D eigenvalue weighted by Crippen LogP contribution is -2.49. The summed E-state index contributed by atoms with van der Waals surface area (Å²) in [5.41, 5.74) is 2.45. The van der Waals surface area contributed by atoms with E-state index in [2.05, 4.69) is 21.2 Å². The minimum Gasteiger partial charge on any atom is -0.352 e. The van der Waals surface area contributed by atoms with Gasteiger partial charge in [-0.25, -0.2) is 8.42 Å². The van der Waals surface area contributed by atoms with E-state index in [4.69, 9.17) is 0 Å². The van der Waals surface area contributed by atoms with Crippen molar-refractivity contribution in [3.8, 4) is 0 Å². The SMILES string of the molecule is O=S(=O)(C1CC1)N1CCN(c2cc3c(nn2)CCC3)CC1. The lowest BCUT2D eigenvalue weighted by atomic mass is 10.2. The summed E-state index contributed by atoms with van der Waals surface area (Å²) in [6, 6.07) is 2.14. The monoisotopic (exact) mass is 308 g/mol. The third-order valence-corrected chi connectivity index (χ3v) is 7.07. The molecule has 1 saturated heterocycles. The second kappa shape index (κ2) is 4.91. The minimum absolute atomic E-state index is 0.108. The van der Waals surface area contributed by atoms with Crippen LogP contribution in [0.1, 0.15) is 30.5 Å². The lowest BCUT2D eigenvalue weighted by Gasteiger charge is -2.34. The maximum absolute atomic E-state index is 12.2. The third-order valence-electron chi connectivity index (χ3n) is 4.67. The van der Waals surface area contributed by atoms with E-state index in [-0.39, 0.29) is 5.25 Å². The number of fused-ring (bicyclic) bond motifs is 1. The molecule has 114 valence electrons. The van der Waals surface area contributed by atoms with Gasteiger partial charge in [0.1, 0.15) is 0 Å². The summed E-state index contributed by atoms with van der Waals surface area (Å²) < 4.78 is 26.1. The predicted octanol–water partition coefficient (Wildman–Crippen LogP) is 0.579. The first-order chi connectivity index (χ1) is 10.1. The van der Waals surface area contributed by atoms with Gasteiger partial charge in [0, 0.05) is 26.2 Å². The van der Waals surface area contributed by atoms with Crippen molar-refractivity contribution in [2.75, 3.05) is 31.1 Å². The number of hydrogen-bond acceptors (Lipinski definition) is 5. The molecule has 0 N–H and O–H groups in total. The van der Waals surface area contributed by atoms with E-state index in [1.165, 1.54) is 12.0 Å². The molecule has 7 heteroatoms. The number of aryl methyl sites for hydroxylation is 2. The highest BCUT2D eigenvalue weighted by Gasteiger charge is 2.41. The summed E-state index contributed by atoms with van der Waals surface area (Å²) in [4.78, 5) is 2.16. The van der Waals surface area contributed by atoms with Gasteiger partial charge in [-0.3, -0.25) is 0 Å². The van der Waals surface area contributed by atoms with Crippen LogP contribution in [0, 0.1) is 0 Å². The average molecular weight is 308 g/mol. The van der Waals surface area contributed by atoms with Gasteiger partial charge >= 0.3 is 0 Å². The summed E-state index contributed by atoms with van der Waals surface area (Å²) >= 11 is 0. The Hall–Kier alpha value is -1.21. The van der Waals surface area contributed by atoms with Gasteiger partial charge in [-0.15, -0.1) is 5.10 Å². The first kappa shape index (κ1) is 13.5. The molecular formula is C14H20N4O2S. The first-order valence-electron chi connectivity index (χ1n) is 7.74. The van der Waals surface area contributed by atoms with E-state index >= 15 is 0 Å². The Morgan fingerprint density at radius 1 is 1.05 bits per heavy atom. The molecule has 0 radical (unpaired) electrons. The zero-order chi connectivity index (χ0) is 14.4. The smallest absolute Gasteiger partial charge is 0.217 e. The topological polar surface area (TPSA) is 66.4 Å². The normalized spacial score (nSPS) is 23.3. The van der Waals surface area contributed by atoms with Crippen LogP contribution in [0.15, 0.2) is 6.07 Å². The van der Waals surface area contributed by atoms with E-state index < -0.39 is 10.0 Å². The van der Waals surface area contributed by atoms with Gasteiger partial charge in [-0.05, 0) is 43.7 Å². The Morgan fingerprint density at radius 2 is 1.81 bits per heavy atom. The molecule has 4 rings (SSSR count). The van der Waals surface area contributed by atoms with Crippen LogP contribution in [-0.4, -0.2) is 54.3 Å². The number of aromatic nitrogens is 2. The molecule has 0 spiro atoms. The molecule has 0 amide bonds. The molecule has 0 unspecified atom stereocenters. The fourth-order valence-corrected chi connectivity index (χ4v) is 5.05. The molecule has 0 bridgehead atoms. The second-order valence-electron chi connectivity index (χ2n) is 6.16. The first-order valence-corrected chi connectivity index (χ1v) is 9.24. The Bertz CT molecular complexity index is 649. The average Bonchev–Trinajstić information content (AvgIpc) is 3.26. The summed E-state index contributed by atoms with van der Waals surface area (Å²) in [5, 5.41) is 8.53. The summed E-state index contributed by atoms with van der Waals surface area (Å²) in [6.07, 6.45) is 4.96. The van der Waals surface area contributed by atoms with Crippen molar-refractivity contribution in [1.82, 2.24) is 14.5 Å². The highest BCUT2D eigenvalue weighted by Crippen LogP contribution is 2.32. The molecule has 0 atom stereocenters. The van der Waals surface area contributed by atoms with Crippen molar-refractivity contribution in [1.29, 1.82) is 0 Å². The van der Waals surface area contributed by atoms with Crippen LogP contribution in [0.3, 0.4) is 0 Å². The van der Waals surface area contributed by atoms with Crippen molar-refractivity contribution < 1.29 is 8.42 Å². The third kappa shape index (κ3) is 2.42. The van der Waals surface area contributed by atoms with Gasteiger partial charge < -0.3 is 4.90 Å². The Kier molecular flexibility index (Phi) is 3.15. The van der Waals surface area contributed by atoms with Crippen LogP contribution in [0.4, 0.5) is 5.82 Å². The molecule has 2 aliphatic carbocycles. The molecule has 2 fully saturated rings. The van der Waals surface area contributed by atoms with Crippen molar-refractivity contribution in [2.45, 2.75) is 37.4 Å². The highest BCUT2D eigenvalue weighted by molar-refractivity contribution is 7.90. The predicted molar refractivity (Wildman–Crippen MR) is 79.8 cm³/mol. The van der Waals surface area contributed by atoms with E-state index in [0.29, 0.717) is 26.2 Å². The van der Waals surface area contributed by atoms with Gasteiger partial charge in [0.2, 0.25) is 10.0 Å². The summed E-state index contributed by atoms with van der Waals surface area (Å²) in [5.74, 6) is 0.902. The van der Waals surface area contributed by atoms with Crippen molar-refractivity contribution in [3.05, 3.63) is 17.3 Å². The van der Waals surface area contributed by atoms with Gasteiger partial charge in [-0.1, -0.05) is 0 Å². The van der Waals surface area contributed by atoms with Crippen molar-refractivity contribution in [3.63, 3.8) is 0 Å². The maximum atomic E-state index is 12.2. The summed E-state index contributed by atoms with van der Waals surface area (Å²) in [6.45, 7) is 2.55. The quantitative estimate of drug-likeness (QED) is 0.817. The number of hydrogen-bond donors (Lipinski definition) is 0. The van der Waals surface area contributed by atoms with Gasteiger partial charge in [-0.2, -0.15) is 9.40 Å². The second-order valence-corrected chi connectivity index (χ2v) is 8.37. The minimum atomic E-state index is -3.03. The van der Waals surface area contributed by atoms with Gasteiger partial charge in [0.05, 0.1) is 10.9 Å². The van der Waals surface area contributed by atoms with E-state index in [0.717, 1.165) is 37.2 Å². The van der Waals surface area contributed by atoms with Gasteiger partial charge in [0.15, 0.2) is 5.82 Å². The van der Waals surface area contributed by atoms with E-state index in [1.54, 1.807) is 4.31 Å². The zero-order valence-electron chi connectivity index (χ0n) is 12.0. The number of nitrogens with zero attached hydrogens (tertiary/aromatic N) is 4. The van der Waals surface area contributed by atoms with Crippen LogP contribution in [0.2, 0.25) is 0 Å². The van der Waals surface area contributed by atoms with Gasteiger partial charge in [0.25, 0.3) is 0 Å². The molecule has 3 aliphatic rings. The molecule has 0 aromatic carbocycles. The van der Waals surface area contributed by atoms with Crippen LogP contribution < -0.4 is 4.90 Å². The molecule has 21 heavy (non-hydrogen) atoms. The Labute approximate surface area is 125 Å². The molecule has 2 heterocycles. The Morgan fingerprint density at radius 3 is 2.52 bits per heavy atom. The molecule has 1 aromatic heterocycles. The fourth-order valence-electron chi connectivity index (χ4n) is 3.22. The largest absolute Gasteiger partial charge is 0.352 e. The summed E-state index contributed by atoms with van der Waals surface area (Å²) in [7, 11) is -3.03. The number of rotatable bonds is 3. The van der Waals surface area contributed by atoms with Crippen molar-refractivity contribution in [2.24, 2.45) is 0 Å². The molecule has 1 saturated carbocycles. The van der Waals surface area contributed by atoms with Crippen LogP contribution in [0.25, 0.3) is 0 Å². The van der Waals surface area contributed by atoms with E-state index in [9.17, 15) is 8.42 Å². The standard InChI is InChI=1S/C14H20N4O2S/c19-21(20,12-4-5-12)18-8-6-17(7-9-18)14-10-11-2-1-3-13(11)15-16-14/h10,12H,1-9H2. The lowest BCUT2D eigenvalue weighted by molar-refractivity contribution is 0.382. The fraction of sp³-hybridized carbons (Fsp3) is 0.714. The van der Waals surface area contributed by atoms with Crippen LogP contribution in [0.5, 0.6) is 0 Å². The van der Waals surface area contributed by atoms with Crippen LogP contribution >= 0.6 is 0 Å². The zero-order valence-corrected chi connectivity index (χ0v) is 12.8. The number of piperazine rings is 1. The van der Waals surface area contributed by atoms with E-state index in [1.807, 2.05) is 0 Å². The number of anilines is 1. The van der Waals surface area contributed by atoms with Crippen molar-refractivity contribution >= 4 is 15.8 Å². The molecule has 1 aromatic rings. The number of sulfonamides is 1. The molecule has 1 aliphatic heterocycles. The molecule has 6 nitrogen and oxygen atoms in total.